The summed E-state index contributed by atoms with van der Waals surface area (Å²) in [7, 11) is 0. The molecule has 2 aliphatic rings. The Kier molecular flexibility index (Phi) is 3.22. The average Bonchev–Trinajstić information content (AvgIpc) is 2.73. The summed E-state index contributed by atoms with van der Waals surface area (Å²) in [6.07, 6.45) is 9.07. The van der Waals surface area contributed by atoms with Crippen LogP contribution in [0.15, 0.2) is 6.33 Å². The van der Waals surface area contributed by atoms with Gasteiger partial charge >= 0.3 is 0 Å². The third kappa shape index (κ3) is 2.41. The van der Waals surface area contributed by atoms with Gasteiger partial charge in [-0.15, -0.1) is 0 Å². The number of fused-ring (bicyclic) bond motifs is 1. The van der Waals surface area contributed by atoms with E-state index in [1.807, 2.05) is 0 Å². The summed E-state index contributed by atoms with van der Waals surface area (Å²) in [5.41, 5.74) is 2.56. The number of rotatable bonds is 2. The lowest BCUT2D eigenvalue weighted by molar-refractivity contribution is 0.707. The molecule has 3 rings (SSSR count). The summed E-state index contributed by atoms with van der Waals surface area (Å²) >= 11 is 0. The van der Waals surface area contributed by atoms with Gasteiger partial charge in [0.25, 0.3) is 0 Å². The number of nitrogens with zero attached hydrogens (tertiary/aromatic N) is 2. The summed E-state index contributed by atoms with van der Waals surface area (Å²) in [4.78, 5) is 8.87. The fourth-order valence-corrected chi connectivity index (χ4v) is 2.86. The van der Waals surface area contributed by atoms with Crippen LogP contribution in [0.1, 0.15) is 36.9 Å². The molecule has 0 spiro atoms. The maximum Gasteiger partial charge on any atom is 0.133 e. The van der Waals surface area contributed by atoms with E-state index >= 15 is 0 Å². The largest absolute Gasteiger partial charge is 0.367 e. The molecule has 1 aliphatic carbocycles. The molecule has 1 aromatic heterocycles. The van der Waals surface area contributed by atoms with Crippen LogP contribution in [0.3, 0.4) is 0 Å². The minimum absolute atomic E-state index is 0.630. The van der Waals surface area contributed by atoms with E-state index in [0.29, 0.717) is 6.04 Å². The van der Waals surface area contributed by atoms with Gasteiger partial charge in [0, 0.05) is 24.6 Å². The van der Waals surface area contributed by atoms with Crippen LogP contribution in [0.5, 0.6) is 0 Å². The molecule has 0 atom stereocenters. The Morgan fingerprint density at radius 2 is 1.94 bits per heavy atom. The van der Waals surface area contributed by atoms with Crippen molar-refractivity contribution in [3.8, 4) is 0 Å². The zero-order valence-electron chi connectivity index (χ0n) is 10.2. The number of hydrogen-bond acceptors (Lipinski definition) is 4. The molecule has 2 N–H and O–H groups in total. The summed E-state index contributed by atoms with van der Waals surface area (Å²) in [5.74, 6) is 1.09. The van der Waals surface area contributed by atoms with E-state index in [4.69, 9.17) is 0 Å². The van der Waals surface area contributed by atoms with Crippen molar-refractivity contribution in [1.29, 1.82) is 0 Å². The zero-order valence-corrected chi connectivity index (χ0v) is 10.2. The van der Waals surface area contributed by atoms with E-state index in [2.05, 4.69) is 20.6 Å². The quantitative estimate of drug-likeness (QED) is 0.811. The Balaban J connectivity index is 1.82. The van der Waals surface area contributed by atoms with Crippen LogP contribution in [-0.4, -0.2) is 29.1 Å². The highest BCUT2D eigenvalue weighted by Gasteiger charge is 2.19. The molecular weight excluding hydrogens is 212 g/mol. The van der Waals surface area contributed by atoms with Crippen LogP contribution >= 0.6 is 0 Å². The molecule has 1 fully saturated rings. The molecular formula is C13H20N4. The lowest BCUT2D eigenvalue weighted by Crippen LogP contribution is -2.18. The first-order valence-corrected chi connectivity index (χ1v) is 6.73. The first-order chi connectivity index (χ1) is 8.43. The zero-order chi connectivity index (χ0) is 11.5. The van der Waals surface area contributed by atoms with Gasteiger partial charge in [0.15, 0.2) is 0 Å². The summed E-state index contributed by atoms with van der Waals surface area (Å²) in [6.45, 7) is 2.08. The van der Waals surface area contributed by atoms with Crippen LogP contribution < -0.4 is 10.6 Å². The molecule has 1 saturated carbocycles. The lowest BCUT2D eigenvalue weighted by Gasteiger charge is -2.16. The molecule has 92 valence electrons. The molecule has 1 aromatic rings. The smallest absolute Gasteiger partial charge is 0.133 e. The highest BCUT2D eigenvalue weighted by atomic mass is 15.0. The van der Waals surface area contributed by atoms with Gasteiger partial charge in [0.2, 0.25) is 0 Å². The van der Waals surface area contributed by atoms with Gasteiger partial charge in [-0.1, -0.05) is 12.8 Å². The molecule has 0 amide bonds. The second-order valence-corrected chi connectivity index (χ2v) is 5.02. The molecule has 17 heavy (non-hydrogen) atoms. The van der Waals surface area contributed by atoms with Crippen molar-refractivity contribution in [2.45, 2.75) is 44.6 Å². The van der Waals surface area contributed by atoms with Crippen molar-refractivity contribution in [1.82, 2.24) is 15.3 Å². The van der Waals surface area contributed by atoms with E-state index in [-0.39, 0.29) is 0 Å². The summed E-state index contributed by atoms with van der Waals surface area (Å²) in [5, 5.41) is 7.04. The monoisotopic (exact) mass is 232 g/mol. The first kappa shape index (κ1) is 11.0. The van der Waals surface area contributed by atoms with Crippen LogP contribution in [0.2, 0.25) is 0 Å². The van der Waals surface area contributed by atoms with Gasteiger partial charge < -0.3 is 10.6 Å². The van der Waals surface area contributed by atoms with Gasteiger partial charge in [-0.2, -0.15) is 0 Å². The maximum absolute atomic E-state index is 4.45. The number of hydrogen-bond donors (Lipinski definition) is 2. The van der Waals surface area contributed by atoms with E-state index in [1.54, 1.807) is 6.33 Å². The molecule has 2 heterocycles. The van der Waals surface area contributed by atoms with E-state index in [1.165, 1.54) is 36.9 Å². The molecule has 0 saturated heterocycles. The second kappa shape index (κ2) is 5.00. The molecule has 0 radical (unpaired) electrons. The summed E-state index contributed by atoms with van der Waals surface area (Å²) in [6, 6.07) is 0.630. The Labute approximate surface area is 102 Å². The third-order valence-corrected chi connectivity index (χ3v) is 3.82. The first-order valence-electron chi connectivity index (χ1n) is 6.73. The molecule has 1 aliphatic heterocycles. The number of nitrogens with one attached hydrogen (secondary N) is 2. The van der Waals surface area contributed by atoms with E-state index < -0.39 is 0 Å². The van der Waals surface area contributed by atoms with Gasteiger partial charge in [-0.25, -0.2) is 9.97 Å². The highest BCUT2D eigenvalue weighted by Crippen LogP contribution is 2.24. The predicted octanol–water partition coefficient (Wildman–Crippen LogP) is 1.52. The number of anilines is 1. The second-order valence-electron chi connectivity index (χ2n) is 5.02. The van der Waals surface area contributed by atoms with Crippen molar-refractivity contribution in [2.75, 3.05) is 18.4 Å². The Morgan fingerprint density at radius 3 is 2.82 bits per heavy atom. The number of aromatic nitrogens is 2. The Morgan fingerprint density at radius 1 is 1.12 bits per heavy atom. The minimum atomic E-state index is 0.630. The lowest BCUT2D eigenvalue weighted by atomic mass is 10.1. The van der Waals surface area contributed by atoms with Crippen LogP contribution in [-0.2, 0) is 12.8 Å². The van der Waals surface area contributed by atoms with Crippen molar-refractivity contribution in [3.05, 3.63) is 17.6 Å². The van der Waals surface area contributed by atoms with Gasteiger partial charge in [0.1, 0.15) is 12.1 Å². The summed E-state index contributed by atoms with van der Waals surface area (Å²) < 4.78 is 0. The highest BCUT2D eigenvalue weighted by molar-refractivity contribution is 5.47. The minimum Gasteiger partial charge on any atom is -0.367 e. The molecule has 0 aromatic carbocycles. The molecule has 0 unspecified atom stereocenters. The SMILES string of the molecule is c1nc2c(c(NC3CCCC3)n1)CCNCC2. The van der Waals surface area contributed by atoms with E-state index in [9.17, 15) is 0 Å². The van der Waals surface area contributed by atoms with Gasteiger partial charge in [-0.05, 0) is 25.8 Å². The average molecular weight is 232 g/mol. The Hall–Kier alpha value is -1.16. The van der Waals surface area contributed by atoms with Gasteiger partial charge in [0.05, 0.1) is 5.69 Å². The normalized spacial score (nSPS) is 20.9. The maximum atomic E-state index is 4.45. The Bertz CT molecular complexity index is 385. The topological polar surface area (TPSA) is 49.8 Å². The molecule has 0 bridgehead atoms. The van der Waals surface area contributed by atoms with Crippen molar-refractivity contribution < 1.29 is 0 Å². The van der Waals surface area contributed by atoms with Crippen LogP contribution in [0.25, 0.3) is 0 Å². The van der Waals surface area contributed by atoms with Crippen molar-refractivity contribution >= 4 is 5.82 Å². The van der Waals surface area contributed by atoms with E-state index in [0.717, 1.165) is 31.7 Å². The fourth-order valence-electron chi connectivity index (χ4n) is 2.86. The van der Waals surface area contributed by atoms with Gasteiger partial charge in [-0.3, -0.25) is 0 Å². The van der Waals surface area contributed by atoms with Crippen molar-refractivity contribution in [3.63, 3.8) is 0 Å². The predicted molar refractivity (Wildman–Crippen MR) is 68.2 cm³/mol. The van der Waals surface area contributed by atoms with Crippen LogP contribution in [0, 0.1) is 0 Å². The third-order valence-electron chi connectivity index (χ3n) is 3.82. The van der Waals surface area contributed by atoms with Crippen LogP contribution in [0.4, 0.5) is 5.82 Å². The standard InChI is InChI=1S/C13H20N4/c1-2-4-10(3-1)17-13-11-5-7-14-8-6-12(11)15-9-16-13/h9-10,14H,1-8H2,(H,15,16,17). The molecule has 4 nitrogen and oxygen atoms in total. The molecule has 4 heteroatoms. The fraction of sp³-hybridized carbons (Fsp3) is 0.692. The van der Waals surface area contributed by atoms with Crippen molar-refractivity contribution in [2.24, 2.45) is 0 Å².